The molecule has 2 aromatic rings. The van der Waals surface area contributed by atoms with Crippen LogP contribution in [0.3, 0.4) is 0 Å². The van der Waals surface area contributed by atoms with E-state index in [1.54, 1.807) is 6.07 Å². The molecule has 1 aliphatic rings. The van der Waals surface area contributed by atoms with Gasteiger partial charge in [0.2, 0.25) is 0 Å². The lowest BCUT2D eigenvalue weighted by molar-refractivity contribution is 0.252. The highest BCUT2D eigenvalue weighted by Gasteiger charge is 2.20. The maximum absolute atomic E-state index is 14.7. The monoisotopic (exact) mass is 382 g/mol. The second-order valence-corrected chi connectivity index (χ2v) is 8.54. The normalized spacial score (nSPS) is 19.7. The minimum Gasteiger partial charge on any atom is -0.206 e. The van der Waals surface area contributed by atoms with E-state index >= 15 is 0 Å². The first-order chi connectivity index (χ1) is 13.7. The first-order valence-electron chi connectivity index (χ1n) is 11.3. The lowest BCUT2D eigenvalue weighted by atomic mass is 9.78. The van der Waals surface area contributed by atoms with Crippen molar-refractivity contribution in [1.29, 1.82) is 0 Å². The molecule has 0 amide bonds. The largest absolute Gasteiger partial charge is 0.206 e. The van der Waals surface area contributed by atoms with Crippen molar-refractivity contribution in [2.24, 2.45) is 11.8 Å². The zero-order chi connectivity index (χ0) is 19.8. The highest BCUT2D eigenvalue weighted by atomic mass is 19.1. The Morgan fingerprint density at radius 1 is 0.857 bits per heavy atom. The number of halogens is 1. The molecule has 0 N–H and O–H groups in total. The molecule has 0 unspecified atom stereocenters. The van der Waals surface area contributed by atoms with E-state index in [2.05, 4.69) is 30.1 Å². The van der Waals surface area contributed by atoms with Crippen LogP contribution in [0.25, 0.3) is 11.3 Å². The second-order valence-electron chi connectivity index (χ2n) is 8.54. The number of aryl methyl sites for hydroxylation is 2. The minimum atomic E-state index is -0.181. The summed E-state index contributed by atoms with van der Waals surface area (Å²) in [5, 5.41) is 8.50. The summed E-state index contributed by atoms with van der Waals surface area (Å²) < 4.78 is 14.7. The fourth-order valence-electron chi connectivity index (χ4n) is 4.50. The van der Waals surface area contributed by atoms with Crippen molar-refractivity contribution in [2.45, 2.75) is 84.5 Å². The molecule has 0 atom stereocenters. The zero-order valence-corrected chi connectivity index (χ0v) is 17.6. The van der Waals surface area contributed by atoms with E-state index in [0.717, 1.165) is 48.8 Å². The van der Waals surface area contributed by atoms with Gasteiger partial charge in [-0.1, -0.05) is 64.9 Å². The number of unbranched alkanes of at least 4 members (excludes halogenated alkanes) is 1. The van der Waals surface area contributed by atoms with Crippen LogP contribution in [0, 0.1) is 17.7 Å². The van der Waals surface area contributed by atoms with Crippen LogP contribution in [0.5, 0.6) is 0 Å². The lowest BCUT2D eigenvalue weighted by Crippen LogP contribution is -2.15. The topological polar surface area (TPSA) is 25.8 Å². The summed E-state index contributed by atoms with van der Waals surface area (Å²) in [6.07, 6.45) is 13.5. The maximum Gasteiger partial charge on any atom is 0.132 e. The van der Waals surface area contributed by atoms with E-state index in [-0.39, 0.29) is 5.82 Å². The Hall–Kier alpha value is -1.77. The van der Waals surface area contributed by atoms with Crippen LogP contribution in [0.4, 0.5) is 4.39 Å². The first-order valence-corrected chi connectivity index (χ1v) is 11.3. The molecule has 1 aromatic heterocycles. The van der Waals surface area contributed by atoms with Crippen molar-refractivity contribution in [1.82, 2.24) is 10.2 Å². The highest BCUT2D eigenvalue weighted by Crippen LogP contribution is 2.34. The third-order valence-corrected chi connectivity index (χ3v) is 6.32. The molecule has 3 rings (SSSR count). The van der Waals surface area contributed by atoms with E-state index in [1.165, 1.54) is 44.9 Å². The third kappa shape index (κ3) is 5.86. The Morgan fingerprint density at radius 3 is 2.21 bits per heavy atom. The van der Waals surface area contributed by atoms with E-state index < -0.39 is 0 Å². The third-order valence-electron chi connectivity index (χ3n) is 6.32. The fourth-order valence-corrected chi connectivity index (χ4v) is 4.50. The molecule has 28 heavy (non-hydrogen) atoms. The van der Waals surface area contributed by atoms with Gasteiger partial charge >= 0.3 is 0 Å². The van der Waals surface area contributed by atoms with Gasteiger partial charge < -0.3 is 0 Å². The van der Waals surface area contributed by atoms with Crippen LogP contribution in [0.2, 0.25) is 0 Å². The lowest BCUT2D eigenvalue weighted by Gasteiger charge is -2.28. The summed E-state index contributed by atoms with van der Waals surface area (Å²) >= 11 is 0. The second kappa shape index (κ2) is 10.7. The molecule has 1 aromatic carbocycles. The van der Waals surface area contributed by atoms with Crippen LogP contribution in [-0.2, 0) is 12.8 Å². The van der Waals surface area contributed by atoms with Crippen molar-refractivity contribution < 1.29 is 4.39 Å². The van der Waals surface area contributed by atoms with Crippen LogP contribution >= 0.6 is 0 Å². The van der Waals surface area contributed by atoms with Crippen molar-refractivity contribution in [3.63, 3.8) is 0 Å². The molecule has 1 fully saturated rings. The van der Waals surface area contributed by atoms with Gasteiger partial charge in [0, 0.05) is 5.56 Å². The number of rotatable bonds is 9. The maximum atomic E-state index is 14.7. The summed E-state index contributed by atoms with van der Waals surface area (Å²) in [4.78, 5) is 0. The highest BCUT2D eigenvalue weighted by molar-refractivity contribution is 5.59. The van der Waals surface area contributed by atoms with E-state index in [1.807, 2.05) is 18.2 Å². The molecule has 1 aliphatic carbocycles. The van der Waals surface area contributed by atoms with Crippen molar-refractivity contribution >= 4 is 0 Å². The van der Waals surface area contributed by atoms with Crippen molar-refractivity contribution in [3.8, 4) is 11.3 Å². The van der Waals surface area contributed by atoms with E-state index in [0.29, 0.717) is 11.3 Å². The standard InChI is InChI=1S/C25H35FN2/c1-3-5-7-22-15-17-25(28-27-22)23-16-14-21(18-24(23)26)13-12-20-10-8-19(6-4-2)9-11-20/h14-20H,3-13H2,1-2H3/t19-,20-. The molecular formula is C25H35FN2. The molecule has 152 valence electrons. The van der Waals surface area contributed by atoms with Crippen molar-refractivity contribution in [3.05, 3.63) is 47.4 Å². The number of hydrogen-bond acceptors (Lipinski definition) is 2. The molecule has 2 nitrogen and oxygen atoms in total. The average molecular weight is 383 g/mol. The van der Waals surface area contributed by atoms with Crippen LogP contribution in [0.1, 0.15) is 82.9 Å². The van der Waals surface area contributed by atoms with Gasteiger partial charge in [0.05, 0.1) is 11.4 Å². The van der Waals surface area contributed by atoms with Gasteiger partial charge in [0.15, 0.2) is 0 Å². The van der Waals surface area contributed by atoms with Crippen LogP contribution < -0.4 is 0 Å². The van der Waals surface area contributed by atoms with Gasteiger partial charge in [0.1, 0.15) is 5.82 Å². The van der Waals surface area contributed by atoms with Crippen molar-refractivity contribution in [2.75, 3.05) is 0 Å². The predicted octanol–water partition coefficient (Wildman–Crippen LogP) is 7.16. The Labute approximate surface area is 170 Å². The van der Waals surface area contributed by atoms with Crippen LogP contribution in [0.15, 0.2) is 30.3 Å². The number of benzene rings is 1. The fraction of sp³-hybridized carbons (Fsp3) is 0.600. The zero-order valence-electron chi connectivity index (χ0n) is 17.6. The Bertz CT molecular complexity index is 718. The summed E-state index contributed by atoms with van der Waals surface area (Å²) in [6.45, 7) is 4.45. The Balaban J connectivity index is 1.54. The Morgan fingerprint density at radius 2 is 1.61 bits per heavy atom. The van der Waals surface area contributed by atoms with Gasteiger partial charge in [-0.25, -0.2) is 4.39 Å². The molecule has 0 saturated heterocycles. The molecule has 1 heterocycles. The molecule has 0 spiro atoms. The average Bonchev–Trinajstić information content (AvgIpc) is 2.72. The summed E-state index contributed by atoms with van der Waals surface area (Å²) in [6, 6.07) is 9.50. The van der Waals surface area contributed by atoms with Gasteiger partial charge in [-0.05, 0) is 67.3 Å². The number of nitrogens with zero attached hydrogens (tertiary/aromatic N) is 2. The summed E-state index contributed by atoms with van der Waals surface area (Å²) in [7, 11) is 0. The molecule has 1 saturated carbocycles. The minimum absolute atomic E-state index is 0.181. The van der Waals surface area contributed by atoms with Crippen LogP contribution in [-0.4, -0.2) is 10.2 Å². The first kappa shape index (κ1) is 21.0. The molecular weight excluding hydrogens is 347 g/mol. The predicted molar refractivity (Wildman–Crippen MR) is 115 cm³/mol. The molecule has 3 heteroatoms. The van der Waals surface area contributed by atoms with E-state index in [4.69, 9.17) is 0 Å². The summed E-state index contributed by atoms with van der Waals surface area (Å²) in [5.41, 5.74) is 3.26. The summed E-state index contributed by atoms with van der Waals surface area (Å²) in [5.74, 6) is 1.59. The quantitative estimate of drug-likeness (QED) is 0.459. The number of hydrogen-bond donors (Lipinski definition) is 0. The smallest absolute Gasteiger partial charge is 0.132 e. The Kier molecular flexibility index (Phi) is 8.00. The van der Waals surface area contributed by atoms with Gasteiger partial charge in [-0.15, -0.1) is 0 Å². The SMILES string of the molecule is CCCCc1ccc(-c2ccc(CC[C@H]3CC[C@H](CCC)CC3)cc2F)nn1. The van der Waals surface area contributed by atoms with E-state index in [9.17, 15) is 4.39 Å². The molecule has 0 bridgehead atoms. The molecule has 0 aliphatic heterocycles. The number of aromatic nitrogens is 2. The van der Waals surface area contributed by atoms with Gasteiger partial charge in [-0.2, -0.15) is 10.2 Å². The van der Waals surface area contributed by atoms with Gasteiger partial charge in [-0.3, -0.25) is 0 Å². The van der Waals surface area contributed by atoms with Gasteiger partial charge in [0.25, 0.3) is 0 Å². The molecule has 0 radical (unpaired) electrons.